The van der Waals surface area contributed by atoms with Gasteiger partial charge in [0, 0.05) is 5.56 Å². The van der Waals surface area contributed by atoms with Crippen LogP contribution in [0.2, 0.25) is 0 Å². The summed E-state index contributed by atoms with van der Waals surface area (Å²) in [7, 11) is 0. The summed E-state index contributed by atoms with van der Waals surface area (Å²) in [5.74, 6) is -2.07. The number of hydrogen-bond acceptors (Lipinski definition) is 1. The van der Waals surface area contributed by atoms with Crippen molar-refractivity contribution in [3.05, 3.63) is 35.4 Å². The lowest BCUT2D eigenvalue weighted by Crippen LogP contribution is -2.10. The molecule has 0 radical (unpaired) electrons. The number of allylic oxidation sites excluding steroid dienone is 2. The Hall–Kier alpha value is -1.52. The van der Waals surface area contributed by atoms with E-state index in [2.05, 4.69) is 11.7 Å². The molecule has 0 fully saturated rings. The van der Waals surface area contributed by atoms with Gasteiger partial charge in [0.05, 0.1) is 0 Å². The summed E-state index contributed by atoms with van der Waals surface area (Å²) in [6.45, 7) is 1.22. The minimum atomic E-state index is -2.72. The molecule has 0 N–H and O–H groups in total. The van der Waals surface area contributed by atoms with Gasteiger partial charge in [-0.2, -0.15) is 4.39 Å². The normalized spacial score (nSPS) is 17.9. The number of ether oxygens (including phenoxy) is 1. The number of rotatable bonds is 8. The number of halogens is 4. The second kappa shape index (κ2) is 9.09. The Bertz CT molecular complexity index is 569. The van der Waals surface area contributed by atoms with Gasteiger partial charge in [0.25, 0.3) is 6.43 Å². The minimum Gasteiger partial charge on any atom is -0.484 e. The third-order valence-corrected chi connectivity index (χ3v) is 4.49. The zero-order valence-corrected chi connectivity index (χ0v) is 14.0. The lowest BCUT2D eigenvalue weighted by Gasteiger charge is -2.22. The molecule has 1 atom stereocenters. The summed E-state index contributed by atoms with van der Waals surface area (Å²) in [4.78, 5) is 0. The van der Waals surface area contributed by atoms with Gasteiger partial charge in [-0.25, -0.2) is 13.2 Å². The van der Waals surface area contributed by atoms with Crippen LogP contribution in [0.3, 0.4) is 0 Å². The molecule has 1 aliphatic rings. The van der Waals surface area contributed by atoms with Crippen molar-refractivity contribution in [1.82, 2.24) is 0 Å². The third-order valence-electron chi connectivity index (χ3n) is 4.49. The Kier molecular flexibility index (Phi) is 7.13. The standard InChI is InChI=1S/C19H24F4O/c1-2-3-4-5-13-6-8-14(9-7-13)15-10-11-16(19(23)18(15)22)24-12-17(20)21/h8,10-11,13,17H,2-7,9,12H2,1H3. The molecule has 0 saturated heterocycles. The van der Waals surface area contributed by atoms with Crippen LogP contribution in [0.5, 0.6) is 5.75 Å². The van der Waals surface area contributed by atoms with Crippen LogP contribution in [0, 0.1) is 17.6 Å². The summed E-state index contributed by atoms with van der Waals surface area (Å²) in [5.41, 5.74) is 1.00. The Morgan fingerprint density at radius 2 is 1.96 bits per heavy atom. The van der Waals surface area contributed by atoms with Crippen LogP contribution in [-0.4, -0.2) is 13.0 Å². The van der Waals surface area contributed by atoms with Crippen LogP contribution < -0.4 is 4.74 Å². The monoisotopic (exact) mass is 344 g/mol. The maximum atomic E-state index is 14.2. The number of benzene rings is 1. The average molecular weight is 344 g/mol. The Morgan fingerprint density at radius 3 is 2.58 bits per heavy atom. The van der Waals surface area contributed by atoms with E-state index in [-0.39, 0.29) is 5.56 Å². The van der Waals surface area contributed by atoms with Gasteiger partial charge in [-0.3, -0.25) is 0 Å². The van der Waals surface area contributed by atoms with Crippen LogP contribution >= 0.6 is 0 Å². The minimum absolute atomic E-state index is 0.212. The predicted octanol–water partition coefficient (Wildman–Crippen LogP) is 6.37. The maximum Gasteiger partial charge on any atom is 0.272 e. The first-order chi connectivity index (χ1) is 11.5. The summed E-state index contributed by atoms with van der Waals surface area (Å²) >= 11 is 0. The second-order valence-corrected chi connectivity index (χ2v) is 6.31. The first kappa shape index (κ1) is 18.8. The molecule has 0 aromatic heterocycles. The SMILES string of the molecule is CCCCCC1CC=C(c2ccc(OCC(F)F)c(F)c2F)CC1. The van der Waals surface area contributed by atoms with Crippen LogP contribution in [0.25, 0.3) is 5.57 Å². The van der Waals surface area contributed by atoms with E-state index >= 15 is 0 Å². The zero-order valence-electron chi connectivity index (χ0n) is 14.0. The van der Waals surface area contributed by atoms with Crippen LogP contribution in [0.1, 0.15) is 57.4 Å². The van der Waals surface area contributed by atoms with Gasteiger partial charge in [0.2, 0.25) is 5.82 Å². The van der Waals surface area contributed by atoms with Gasteiger partial charge in [-0.05, 0) is 42.9 Å². The molecule has 0 spiro atoms. The van der Waals surface area contributed by atoms with Gasteiger partial charge in [0.15, 0.2) is 11.6 Å². The fraction of sp³-hybridized carbons (Fsp3) is 0.579. The van der Waals surface area contributed by atoms with Crippen LogP contribution in [0.4, 0.5) is 17.6 Å². The van der Waals surface area contributed by atoms with E-state index in [1.165, 1.54) is 37.8 Å². The van der Waals surface area contributed by atoms with E-state index in [0.717, 1.165) is 18.4 Å². The van der Waals surface area contributed by atoms with Crippen molar-refractivity contribution in [1.29, 1.82) is 0 Å². The van der Waals surface area contributed by atoms with Crippen molar-refractivity contribution in [3.8, 4) is 5.75 Å². The van der Waals surface area contributed by atoms with Crippen molar-refractivity contribution in [3.63, 3.8) is 0 Å². The summed E-state index contributed by atoms with van der Waals surface area (Å²) in [6, 6.07) is 2.65. The predicted molar refractivity (Wildman–Crippen MR) is 87.3 cm³/mol. The molecule has 24 heavy (non-hydrogen) atoms. The van der Waals surface area contributed by atoms with E-state index in [9.17, 15) is 17.6 Å². The second-order valence-electron chi connectivity index (χ2n) is 6.31. The van der Waals surface area contributed by atoms with Gasteiger partial charge >= 0.3 is 0 Å². The fourth-order valence-corrected chi connectivity index (χ4v) is 3.12. The van der Waals surface area contributed by atoms with Crippen molar-refractivity contribution < 1.29 is 22.3 Å². The molecular formula is C19H24F4O. The molecule has 1 unspecified atom stereocenters. The Balaban J connectivity index is 2.03. The molecular weight excluding hydrogens is 320 g/mol. The molecule has 0 aliphatic heterocycles. The maximum absolute atomic E-state index is 14.2. The number of hydrogen-bond donors (Lipinski definition) is 0. The molecule has 1 nitrogen and oxygen atoms in total. The fourth-order valence-electron chi connectivity index (χ4n) is 3.12. The zero-order chi connectivity index (χ0) is 17.5. The highest BCUT2D eigenvalue weighted by Gasteiger charge is 2.21. The lowest BCUT2D eigenvalue weighted by atomic mass is 9.83. The molecule has 134 valence electrons. The molecule has 1 aromatic carbocycles. The van der Waals surface area contributed by atoms with E-state index in [1.807, 2.05) is 6.08 Å². The van der Waals surface area contributed by atoms with E-state index < -0.39 is 30.4 Å². The quantitative estimate of drug-likeness (QED) is 0.393. The highest BCUT2D eigenvalue weighted by atomic mass is 19.3. The van der Waals surface area contributed by atoms with Gasteiger partial charge in [-0.1, -0.05) is 38.7 Å². The van der Waals surface area contributed by atoms with Crippen molar-refractivity contribution >= 4 is 5.57 Å². The molecule has 0 saturated carbocycles. The van der Waals surface area contributed by atoms with Crippen LogP contribution in [-0.2, 0) is 0 Å². The number of alkyl halides is 2. The molecule has 0 bridgehead atoms. The third kappa shape index (κ3) is 4.99. The number of unbranched alkanes of at least 4 members (excludes halogenated alkanes) is 2. The van der Waals surface area contributed by atoms with Crippen molar-refractivity contribution in [2.24, 2.45) is 5.92 Å². The van der Waals surface area contributed by atoms with Crippen molar-refractivity contribution in [2.75, 3.05) is 6.61 Å². The average Bonchev–Trinajstić information content (AvgIpc) is 2.57. The summed E-state index contributed by atoms with van der Waals surface area (Å²) in [6.07, 6.45) is 6.63. The van der Waals surface area contributed by atoms with Crippen molar-refractivity contribution in [2.45, 2.75) is 58.3 Å². The van der Waals surface area contributed by atoms with Gasteiger partial charge in [0.1, 0.15) is 6.61 Å². The Morgan fingerprint density at radius 1 is 1.17 bits per heavy atom. The smallest absolute Gasteiger partial charge is 0.272 e. The lowest BCUT2D eigenvalue weighted by molar-refractivity contribution is 0.0795. The van der Waals surface area contributed by atoms with Crippen LogP contribution in [0.15, 0.2) is 18.2 Å². The summed E-state index contributed by atoms with van der Waals surface area (Å²) < 4.78 is 57.1. The van der Waals surface area contributed by atoms with E-state index in [0.29, 0.717) is 12.3 Å². The largest absolute Gasteiger partial charge is 0.484 e. The molecule has 1 aromatic rings. The highest BCUT2D eigenvalue weighted by molar-refractivity contribution is 5.67. The molecule has 5 heteroatoms. The molecule has 0 amide bonds. The molecule has 1 aliphatic carbocycles. The van der Waals surface area contributed by atoms with E-state index in [4.69, 9.17) is 0 Å². The van der Waals surface area contributed by atoms with Gasteiger partial charge < -0.3 is 4.74 Å². The summed E-state index contributed by atoms with van der Waals surface area (Å²) in [5, 5.41) is 0. The molecule has 0 heterocycles. The highest BCUT2D eigenvalue weighted by Crippen LogP contribution is 2.35. The Labute approximate surface area is 140 Å². The van der Waals surface area contributed by atoms with Gasteiger partial charge in [-0.15, -0.1) is 0 Å². The topological polar surface area (TPSA) is 9.23 Å². The first-order valence-corrected chi connectivity index (χ1v) is 8.61. The van der Waals surface area contributed by atoms with E-state index in [1.54, 1.807) is 0 Å². The molecule has 2 rings (SSSR count). The first-order valence-electron chi connectivity index (χ1n) is 8.61.